The fourth-order valence-electron chi connectivity index (χ4n) is 4.28. The number of carbonyl (C=O) groups excluding carboxylic acids is 2. The van der Waals surface area contributed by atoms with E-state index in [-0.39, 0.29) is 56.7 Å². The Labute approximate surface area is 218 Å². The second-order valence-corrected chi connectivity index (χ2v) is 8.72. The molecule has 0 saturated heterocycles. The Hall–Kier alpha value is -2.19. The summed E-state index contributed by atoms with van der Waals surface area (Å²) in [5.74, 6) is -3.69. The van der Waals surface area contributed by atoms with Crippen molar-refractivity contribution in [2.45, 2.75) is 64.2 Å². The van der Waals surface area contributed by atoms with Crippen molar-refractivity contribution in [3.05, 3.63) is 59.7 Å². The van der Waals surface area contributed by atoms with Gasteiger partial charge in [0.15, 0.2) is 0 Å². The van der Waals surface area contributed by atoms with Gasteiger partial charge in [0.25, 0.3) is 0 Å². The Kier molecular flexibility index (Phi) is 11.9. The van der Waals surface area contributed by atoms with Gasteiger partial charge >= 0.3 is 21.7 Å². The SMILES string of the molecule is O=C(Nc1ccc(F)[c-]c1F)C1CCCCC1.O=C(Nc1ccc(F)[c-]c1F)C1CCCCC1.[Ti+2]. The average Bonchev–Trinajstić information content (AvgIpc) is 2.84. The number of nitrogens with one attached hydrogen (secondary N) is 2. The van der Waals surface area contributed by atoms with Gasteiger partial charge < -0.3 is 10.6 Å². The molecule has 0 unspecified atom stereocenters. The summed E-state index contributed by atoms with van der Waals surface area (Å²) in [5, 5.41) is 4.99. The van der Waals surface area contributed by atoms with Crippen LogP contribution in [-0.4, -0.2) is 11.8 Å². The smallest absolute Gasteiger partial charge is 0.376 e. The second-order valence-electron chi connectivity index (χ2n) is 8.72. The summed E-state index contributed by atoms with van der Waals surface area (Å²) in [6.45, 7) is 0. The molecule has 0 radical (unpaired) electrons. The van der Waals surface area contributed by atoms with E-state index in [2.05, 4.69) is 10.6 Å². The van der Waals surface area contributed by atoms with E-state index < -0.39 is 23.3 Å². The number of rotatable bonds is 4. The molecule has 4 rings (SSSR count). The monoisotopic (exact) mass is 524 g/mol. The first-order valence-corrected chi connectivity index (χ1v) is 11.7. The molecule has 35 heavy (non-hydrogen) atoms. The molecule has 2 N–H and O–H groups in total. The molecule has 2 saturated carbocycles. The first kappa shape index (κ1) is 29.0. The summed E-state index contributed by atoms with van der Waals surface area (Å²) in [5.41, 5.74) is 0.00365. The zero-order valence-corrected chi connectivity index (χ0v) is 20.9. The number of anilines is 2. The van der Waals surface area contributed by atoms with Crippen molar-refractivity contribution in [2.24, 2.45) is 11.8 Å². The summed E-state index contributed by atoms with van der Waals surface area (Å²) in [6, 6.07) is 8.41. The number of carbonyl (C=O) groups is 2. The fraction of sp³-hybridized carbons (Fsp3) is 0.462. The Morgan fingerprint density at radius 2 is 0.971 bits per heavy atom. The maximum absolute atomic E-state index is 13.3. The van der Waals surface area contributed by atoms with Crippen molar-refractivity contribution in [1.82, 2.24) is 0 Å². The Morgan fingerprint density at radius 1 is 0.629 bits per heavy atom. The summed E-state index contributed by atoms with van der Waals surface area (Å²) in [7, 11) is 0. The van der Waals surface area contributed by atoms with Crippen LogP contribution in [0.4, 0.5) is 28.9 Å². The molecule has 2 aromatic rings. The third-order valence-electron chi connectivity index (χ3n) is 6.19. The van der Waals surface area contributed by atoms with E-state index in [4.69, 9.17) is 0 Å². The number of hydrogen-bond acceptors (Lipinski definition) is 2. The van der Waals surface area contributed by atoms with Crippen LogP contribution in [0.1, 0.15) is 64.2 Å². The molecule has 2 fully saturated rings. The van der Waals surface area contributed by atoms with Gasteiger partial charge in [-0.15, -0.1) is 36.4 Å². The van der Waals surface area contributed by atoms with Crippen LogP contribution in [0.2, 0.25) is 0 Å². The van der Waals surface area contributed by atoms with Crippen molar-refractivity contribution in [3.63, 3.8) is 0 Å². The van der Waals surface area contributed by atoms with E-state index in [1.165, 1.54) is 12.1 Å². The summed E-state index contributed by atoms with van der Waals surface area (Å²) in [4.78, 5) is 23.6. The molecular weight excluding hydrogens is 496 g/mol. The largest absolute Gasteiger partial charge is 2.00 e. The predicted molar refractivity (Wildman–Crippen MR) is 121 cm³/mol. The molecule has 2 amide bonds. The van der Waals surface area contributed by atoms with Gasteiger partial charge in [-0.25, -0.2) is 17.6 Å². The molecule has 0 heterocycles. The maximum atomic E-state index is 13.3. The van der Waals surface area contributed by atoms with Gasteiger partial charge in [-0.2, -0.15) is 0 Å². The molecule has 0 aromatic heterocycles. The van der Waals surface area contributed by atoms with Crippen LogP contribution in [0.25, 0.3) is 0 Å². The van der Waals surface area contributed by atoms with Crippen molar-refractivity contribution in [2.75, 3.05) is 10.6 Å². The van der Waals surface area contributed by atoms with E-state index in [1.807, 2.05) is 12.1 Å². The van der Waals surface area contributed by atoms with Gasteiger partial charge in [-0.1, -0.05) is 38.5 Å². The molecule has 0 aliphatic heterocycles. The number of amides is 2. The quantitative estimate of drug-likeness (QED) is 0.270. The minimum atomic E-state index is -0.853. The van der Waals surface area contributed by atoms with Crippen LogP contribution in [0, 0.1) is 47.2 Å². The molecule has 2 aliphatic carbocycles. The molecule has 4 nitrogen and oxygen atoms in total. The molecule has 0 atom stereocenters. The first-order chi connectivity index (χ1) is 16.3. The van der Waals surface area contributed by atoms with Gasteiger partial charge in [0.05, 0.1) is 0 Å². The van der Waals surface area contributed by atoms with E-state index in [1.54, 1.807) is 0 Å². The summed E-state index contributed by atoms with van der Waals surface area (Å²) >= 11 is 0. The fourth-order valence-corrected chi connectivity index (χ4v) is 4.28. The van der Waals surface area contributed by atoms with Gasteiger partial charge in [-0.3, -0.25) is 9.59 Å². The minimum absolute atomic E-state index is 0. The average molecular weight is 524 g/mol. The first-order valence-electron chi connectivity index (χ1n) is 11.7. The zero-order valence-electron chi connectivity index (χ0n) is 19.4. The molecule has 2 aliphatic rings. The van der Waals surface area contributed by atoms with Crippen LogP contribution in [0.5, 0.6) is 0 Å². The Balaban J connectivity index is 0.000000240. The molecule has 186 valence electrons. The predicted octanol–water partition coefficient (Wildman–Crippen LogP) is 6.57. The summed E-state index contributed by atoms with van der Waals surface area (Å²) in [6.07, 6.45) is 9.84. The molecular formula is C26H28F4N2O2Ti. The van der Waals surface area contributed by atoms with Crippen molar-refractivity contribution in [3.8, 4) is 0 Å². The van der Waals surface area contributed by atoms with Crippen LogP contribution in [-0.2, 0) is 31.3 Å². The molecule has 2 aromatic carbocycles. The van der Waals surface area contributed by atoms with E-state index in [0.717, 1.165) is 76.3 Å². The Morgan fingerprint density at radius 3 is 1.29 bits per heavy atom. The summed E-state index contributed by atoms with van der Waals surface area (Å²) < 4.78 is 51.8. The van der Waals surface area contributed by atoms with Crippen molar-refractivity contribution >= 4 is 23.2 Å². The molecule has 0 bridgehead atoms. The van der Waals surface area contributed by atoms with Crippen molar-refractivity contribution in [1.29, 1.82) is 0 Å². The zero-order chi connectivity index (χ0) is 24.5. The minimum Gasteiger partial charge on any atom is -0.376 e. The van der Waals surface area contributed by atoms with Gasteiger partial charge in [0, 0.05) is 35.1 Å². The third-order valence-corrected chi connectivity index (χ3v) is 6.19. The van der Waals surface area contributed by atoms with Crippen LogP contribution in [0.15, 0.2) is 24.3 Å². The topological polar surface area (TPSA) is 58.2 Å². The van der Waals surface area contributed by atoms with Crippen LogP contribution < -0.4 is 10.6 Å². The van der Waals surface area contributed by atoms with Gasteiger partial charge in [0.1, 0.15) is 0 Å². The normalized spacial score (nSPS) is 16.3. The number of benzene rings is 2. The van der Waals surface area contributed by atoms with Crippen LogP contribution >= 0.6 is 0 Å². The molecule has 9 heteroatoms. The number of halogens is 4. The maximum Gasteiger partial charge on any atom is 2.00 e. The van der Waals surface area contributed by atoms with Gasteiger partial charge in [-0.05, 0) is 37.1 Å². The van der Waals surface area contributed by atoms with Crippen LogP contribution in [0.3, 0.4) is 0 Å². The molecule has 0 spiro atoms. The van der Waals surface area contributed by atoms with E-state index >= 15 is 0 Å². The van der Waals surface area contributed by atoms with Crippen molar-refractivity contribution < 1.29 is 48.9 Å². The standard InChI is InChI=1S/2C13H14F2NO.Ti/c2*14-10-6-7-12(11(15)8-10)16-13(17)9-4-2-1-3-5-9;/h2*6-7,9H,1-5H2,(H,16,17);/q2*-1;+2. The Bertz CT molecular complexity index is 914. The number of hydrogen-bond donors (Lipinski definition) is 2. The second kappa shape index (κ2) is 14.4. The van der Waals surface area contributed by atoms with E-state index in [9.17, 15) is 27.2 Å². The van der Waals surface area contributed by atoms with Gasteiger partial charge in [0.2, 0.25) is 11.8 Å². The van der Waals surface area contributed by atoms with E-state index in [0.29, 0.717) is 0 Å². The third kappa shape index (κ3) is 9.08.